The predicted molar refractivity (Wildman–Crippen MR) is 240 cm³/mol. The molecule has 0 bridgehead atoms. The van der Waals surface area contributed by atoms with E-state index in [2.05, 4.69) is 114 Å². The molecule has 58 heavy (non-hydrogen) atoms. The van der Waals surface area contributed by atoms with Gasteiger partial charge >= 0.3 is 0 Å². The molecule has 7 aromatic carbocycles. The smallest absolute Gasteiger partial charge is 0.187 e. The number of fused-ring (bicyclic) bond motifs is 6. The summed E-state index contributed by atoms with van der Waals surface area (Å²) in [5, 5.41) is 3.33. The number of nitrogens with zero attached hydrogens (tertiary/aromatic N) is 6. The summed E-state index contributed by atoms with van der Waals surface area (Å²) in [4.78, 5) is 29.4. The van der Waals surface area contributed by atoms with E-state index < -0.39 is 0 Å². The number of hydrogen-bond acceptors (Lipinski definition) is 7. The van der Waals surface area contributed by atoms with Crippen LogP contribution in [0.15, 0.2) is 170 Å². The molecule has 0 spiro atoms. The van der Waals surface area contributed by atoms with Gasteiger partial charge in [-0.3, -0.25) is 0 Å². The van der Waals surface area contributed by atoms with Crippen LogP contribution in [-0.4, -0.2) is 24.9 Å². The lowest BCUT2D eigenvalue weighted by molar-refractivity contribution is 1.08. The van der Waals surface area contributed by atoms with Crippen molar-refractivity contribution in [3.8, 4) is 67.9 Å². The zero-order chi connectivity index (χ0) is 38.6. The molecule has 0 fully saturated rings. The molecule has 6 nitrogen and oxygen atoms in total. The quantitative estimate of drug-likeness (QED) is 0.157. The molecule has 270 valence electrons. The molecule has 0 radical (unpaired) electrons. The Balaban J connectivity index is 1.08. The Morgan fingerprint density at radius 2 is 0.966 bits per heavy atom. The third-order valence-electron chi connectivity index (χ3n) is 10.4. The highest BCUT2D eigenvalue weighted by Gasteiger charge is 2.20. The normalized spacial score (nSPS) is 11.4. The van der Waals surface area contributed by atoms with Crippen molar-refractivity contribution in [2.24, 2.45) is 0 Å². The molecule has 0 saturated heterocycles. The second-order valence-electron chi connectivity index (χ2n) is 13.9. The van der Waals surface area contributed by atoms with Crippen LogP contribution in [0.25, 0.3) is 113 Å². The first kappa shape index (κ1) is 33.9. The van der Waals surface area contributed by atoms with E-state index in [1.165, 1.54) is 4.70 Å². The maximum Gasteiger partial charge on any atom is 0.187 e. The average molecular weight is 777 g/mol. The van der Waals surface area contributed by atoms with E-state index in [4.69, 9.17) is 31.5 Å². The highest BCUT2D eigenvalue weighted by molar-refractivity contribution is 7.26. The van der Waals surface area contributed by atoms with Gasteiger partial charge in [-0.05, 0) is 41.5 Å². The van der Waals surface area contributed by atoms with Gasteiger partial charge in [-0.1, -0.05) is 140 Å². The van der Waals surface area contributed by atoms with Crippen molar-refractivity contribution in [2.45, 2.75) is 0 Å². The molecule has 8 heteroatoms. The van der Waals surface area contributed by atoms with E-state index in [9.17, 15) is 0 Å². The fourth-order valence-corrected chi connectivity index (χ4v) is 9.81. The lowest BCUT2D eigenvalue weighted by Gasteiger charge is -2.10. The van der Waals surface area contributed by atoms with Crippen LogP contribution in [0.5, 0.6) is 0 Å². The zero-order valence-electron chi connectivity index (χ0n) is 30.7. The van der Waals surface area contributed by atoms with Crippen molar-refractivity contribution in [3.63, 3.8) is 0 Å². The van der Waals surface area contributed by atoms with E-state index in [1.807, 2.05) is 60.7 Å². The topological polar surface area (TPSA) is 68.8 Å². The predicted octanol–water partition coefficient (Wildman–Crippen LogP) is 14.0. The molecule has 4 aromatic heterocycles. The van der Waals surface area contributed by atoms with E-state index in [-0.39, 0.29) is 0 Å². The van der Waals surface area contributed by atoms with Gasteiger partial charge in [0.2, 0.25) is 0 Å². The van der Waals surface area contributed by atoms with Crippen LogP contribution in [-0.2, 0) is 0 Å². The van der Waals surface area contributed by atoms with Crippen LogP contribution in [0, 0.1) is 6.57 Å². The molecule has 4 heterocycles. The average Bonchev–Trinajstić information content (AvgIpc) is 3.87. The van der Waals surface area contributed by atoms with Crippen molar-refractivity contribution in [2.75, 3.05) is 0 Å². The number of aromatic nitrogens is 5. The summed E-state index contributed by atoms with van der Waals surface area (Å²) in [6.45, 7) is 7.30. The summed E-state index contributed by atoms with van der Waals surface area (Å²) in [7, 11) is 0. The monoisotopic (exact) mass is 776 g/mol. The van der Waals surface area contributed by atoms with E-state index in [0.717, 1.165) is 80.4 Å². The van der Waals surface area contributed by atoms with Gasteiger partial charge in [0.1, 0.15) is 0 Å². The van der Waals surface area contributed by atoms with Crippen molar-refractivity contribution in [1.29, 1.82) is 0 Å². The maximum absolute atomic E-state index is 7.30. The van der Waals surface area contributed by atoms with Gasteiger partial charge in [0.25, 0.3) is 0 Å². The summed E-state index contributed by atoms with van der Waals surface area (Å²) < 4.78 is 4.59. The first-order valence-electron chi connectivity index (χ1n) is 18.8. The van der Waals surface area contributed by atoms with Crippen molar-refractivity contribution >= 4 is 68.8 Å². The van der Waals surface area contributed by atoms with Gasteiger partial charge in [0.05, 0.1) is 22.5 Å². The molecule has 0 aliphatic carbocycles. The number of rotatable bonds is 6. The fourth-order valence-electron chi connectivity index (χ4n) is 7.55. The lowest BCUT2D eigenvalue weighted by atomic mass is 10.0. The SMILES string of the molecule is [C-]#[N+]c1ccc(-c2ccc(-c3nc(-c4ccccc4)nc(-c4cccc5sc6ccc(-c7nc(-c8ccccc8)c8sc9ccccc9c8n7)cc6c45)n3)cc2)cc1. The van der Waals surface area contributed by atoms with Gasteiger partial charge in [0, 0.05) is 58.1 Å². The van der Waals surface area contributed by atoms with Gasteiger partial charge in [-0.15, -0.1) is 22.7 Å². The van der Waals surface area contributed by atoms with Crippen molar-refractivity contribution in [3.05, 3.63) is 181 Å². The number of thiophene rings is 2. The zero-order valence-corrected chi connectivity index (χ0v) is 32.3. The molecule has 11 aromatic rings. The fraction of sp³-hybridized carbons (Fsp3) is 0. The Morgan fingerprint density at radius 3 is 1.71 bits per heavy atom. The summed E-state index contributed by atoms with van der Waals surface area (Å²) >= 11 is 3.50. The lowest BCUT2D eigenvalue weighted by Crippen LogP contribution is -2.00. The first-order chi connectivity index (χ1) is 28.7. The molecule has 11 rings (SSSR count). The summed E-state index contributed by atoms with van der Waals surface area (Å²) in [5.41, 5.74) is 9.37. The van der Waals surface area contributed by atoms with Crippen LogP contribution >= 0.6 is 22.7 Å². The molecular formula is C50H28N6S2. The van der Waals surface area contributed by atoms with E-state index >= 15 is 0 Å². The molecule has 0 saturated carbocycles. The Kier molecular flexibility index (Phi) is 8.14. The molecule has 0 unspecified atom stereocenters. The van der Waals surface area contributed by atoms with Crippen LogP contribution < -0.4 is 0 Å². The van der Waals surface area contributed by atoms with E-state index in [1.54, 1.807) is 22.7 Å². The summed E-state index contributed by atoms with van der Waals surface area (Å²) in [5.74, 6) is 2.49. The molecule has 0 atom stereocenters. The number of hydrogen-bond donors (Lipinski definition) is 0. The summed E-state index contributed by atoms with van der Waals surface area (Å²) in [6.07, 6.45) is 0. The standard InChI is InChI=1S/C50H28N6S2/c1-51-36-26-23-31(24-27-36)30-19-21-34(22-20-30)48-54-47(33-13-6-3-7-14-33)55-50(56-48)38-16-10-18-42-43(38)39-29-35(25-28-41(39)57-42)49-52-44(32-11-4-2-5-12-32)46-45(53-49)37-15-8-9-17-40(37)58-46/h2-29H. The third kappa shape index (κ3) is 5.89. The van der Waals surface area contributed by atoms with Crippen LogP contribution in [0.1, 0.15) is 0 Å². The van der Waals surface area contributed by atoms with Gasteiger partial charge < -0.3 is 0 Å². The summed E-state index contributed by atoms with van der Waals surface area (Å²) in [6, 6.07) is 57.7. The molecule has 0 aliphatic rings. The minimum Gasteiger partial charge on any atom is -0.238 e. The number of benzene rings is 7. The van der Waals surface area contributed by atoms with Gasteiger partial charge in [-0.2, -0.15) is 0 Å². The molecular weight excluding hydrogens is 749 g/mol. The minimum absolute atomic E-state index is 0.592. The third-order valence-corrected chi connectivity index (χ3v) is 12.7. The molecule has 0 aliphatic heterocycles. The Labute approximate surface area is 341 Å². The van der Waals surface area contributed by atoms with Crippen LogP contribution in [0.4, 0.5) is 5.69 Å². The Hall–Kier alpha value is -7.44. The maximum atomic E-state index is 7.30. The highest BCUT2D eigenvalue weighted by Crippen LogP contribution is 2.43. The van der Waals surface area contributed by atoms with Crippen LogP contribution in [0.3, 0.4) is 0 Å². The van der Waals surface area contributed by atoms with Gasteiger partial charge in [-0.25, -0.2) is 29.8 Å². The van der Waals surface area contributed by atoms with Crippen molar-refractivity contribution < 1.29 is 0 Å². The highest BCUT2D eigenvalue weighted by atomic mass is 32.1. The van der Waals surface area contributed by atoms with Gasteiger partial charge in [0.15, 0.2) is 29.0 Å². The second-order valence-corrected chi connectivity index (χ2v) is 16.1. The Morgan fingerprint density at radius 1 is 0.397 bits per heavy atom. The van der Waals surface area contributed by atoms with Crippen LogP contribution in [0.2, 0.25) is 0 Å². The largest absolute Gasteiger partial charge is 0.238 e. The minimum atomic E-state index is 0.592. The van der Waals surface area contributed by atoms with E-state index in [0.29, 0.717) is 29.0 Å². The second kappa shape index (κ2) is 13.9. The first-order valence-corrected chi connectivity index (χ1v) is 20.4. The Bertz CT molecular complexity index is 3390. The molecule has 0 N–H and O–H groups in total. The van der Waals surface area contributed by atoms with Crippen molar-refractivity contribution in [1.82, 2.24) is 24.9 Å². The molecule has 0 amide bonds.